The van der Waals surface area contributed by atoms with E-state index in [1.807, 2.05) is 41.0 Å². The fourth-order valence-electron chi connectivity index (χ4n) is 4.16. The highest BCUT2D eigenvalue weighted by atomic mass is 79.9. The van der Waals surface area contributed by atoms with Crippen LogP contribution in [0.15, 0.2) is 40.9 Å². The zero-order chi connectivity index (χ0) is 21.3. The van der Waals surface area contributed by atoms with Gasteiger partial charge in [0.25, 0.3) is 0 Å². The standard InChI is InChI=1S/C25H32BrNO3/c1-2-3-4-5-6-7-8-18-30-25(29)21-10-9-17-27-22(21)15-16-23(27)24(28)19-11-13-20(26)14-12-19/h11-16,21H,2-10,17-18H2,1H3. The molecule has 5 heteroatoms. The van der Waals surface area contributed by atoms with Gasteiger partial charge in [-0.05, 0) is 55.7 Å². The first-order valence-corrected chi connectivity index (χ1v) is 12.1. The second-order valence-corrected chi connectivity index (χ2v) is 9.03. The molecule has 1 unspecified atom stereocenters. The van der Waals surface area contributed by atoms with E-state index in [1.165, 1.54) is 32.1 Å². The molecule has 0 aliphatic carbocycles. The molecule has 0 N–H and O–H groups in total. The number of rotatable bonds is 11. The van der Waals surface area contributed by atoms with Crippen LogP contribution in [0.25, 0.3) is 0 Å². The lowest BCUT2D eigenvalue weighted by Gasteiger charge is -2.25. The Hall–Kier alpha value is -1.88. The molecule has 0 amide bonds. The summed E-state index contributed by atoms with van der Waals surface area (Å²) in [6, 6.07) is 11.2. The molecular weight excluding hydrogens is 442 g/mol. The van der Waals surface area contributed by atoms with Gasteiger partial charge in [-0.1, -0.05) is 61.4 Å². The number of fused-ring (bicyclic) bond motifs is 1. The third kappa shape index (κ3) is 5.84. The number of ether oxygens (including phenoxy) is 1. The van der Waals surface area contributed by atoms with Crippen molar-refractivity contribution < 1.29 is 14.3 Å². The van der Waals surface area contributed by atoms with Gasteiger partial charge in [0.15, 0.2) is 0 Å². The van der Waals surface area contributed by atoms with Crippen LogP contribution in [0, 0.1) is 0 Å². The molecule has 1 aliphatic heterocycles. The van der Waals surface area contributed by atoms with Crippen LogP contribution in [0.5, 0.6) is 0 Å². The van der Waals surface area contributed by atoms with Crippen LogP contribution in [0.1, 0.15) is 92.4 Å². The predicted octanol–water partition coefficient (Wildman–Crippen LogP) is 6.65. The molecule has 3 rings (SSSR count). The second-order valence-electron chi connectivity index (χ2n) is 8.11. The zero-order valence-electron chi connectivity index (χ0n) is 17.9. The molecule has 0 spiro atoms. The third-order valence-electron chi connectivity index (χ3n) is 5.86. The van der Waals surface area contributed by atoms with Crippen molar-refractivity contribution in [2.24, 2.45) is 0 Å². The molecule has 0 radical (unpaired) electrons. The molecule has 0 saturated heterocycles. The van der Waals surface area contributed by atoms with E-state index in [1.54, 1.807) is 0 Å². The first kappa shape index (κ1) is 22.8. The van der Waals surface area contributed by atoms with Gasteiger partial charge < -0.3 is 9.30 Å². The smallest absolute Gasteiger partial charge is 0.314 e. The molecule has 0 bridgehead atoms. The molecule has 162 valence electrons. The highest BCUT2D eigenvalue weighted by molar-refractivity contribution is 9.10. The van der Waals surface area contributed by atoms with E-state index in [9.17, 15) is 9.59 Å². The van der Waals surface area contributed by atoms with E-state index in [-0.39, 0.29) is 17.7 Å². The van der Waals surface area contributed by atoms with Gasteiger partial charge in [-0.3, -0.25) is 9.59 Å². The number of benzene rings is 1. The van der Waals surface area contributed by atoms with Gasteiger partial charge in [0, 0.05) is 22.3 Å². The van der Waals surface area contributed by atoms with Gasteiger partial charge in [-0.15, -0.1) is 0 Å². The number of carbonyl (C=O) groups is 2. The van der Waals surface area contributed by atoms with Crippen molar-refractivity contribution >= 4 is 27.7 Å². The van der Waals surface area contributed by atoms with Crippen molar-refractivity contribution in [1.29, 1.82) is 0 Å². The van der Waals surface area contributed by atoms with Crippen molar-refractivity contribution in [2.75, 3.05) is 6.61 Å². The van der Waals surface area contributed by atoms with Crippen LogP contribution in [-0.4, -0.2) is 22.9 Å². The molecule has 2 aromatic rings. The van der Waals surface area contributed by atoms with Gasteiger partial charge in [0.2, 0.25) is 5.78 Å². The number of ketones is 1. The van der Waals surface area contributed by atoms with E-state index in [2.05, 4.69) is 22.9 Å². The highest BCUT2D eigenvalue weighted by Gasteiger charge is 2.30. The molecular formula is C25H32BrNO3. The Morgan fingerprint density at radius 1 is 1.00 bits per heavy atom. The molecule has 1 aromatic heterocycles. The largest absolute Gasteiger partial charge is 0.465 e. The topological polar surface area (TPSA) is 48.3 Å². The lowest BCUT2D eigenvalue weighted by Crippen LogP contribution is -2.25. The number of hydrogen-bond acceptors (Lipinski definition) is 3. The minimum absolute atomic E-state index is 0.00848. The average molecular weight is 474 g/mol. The Kier molecular flexibility index (Phi) is 8.74. The number of aromatic nitrogens is 1. The van der Waals surface area contributed by atoms with E-state index in [0.717, 1.165) is 42.4 Å². The van der Waals surface area contributed by atoms with Gasteiger partial charge >= 0.3 is 5.97 Å². The Labute approximate surface area is 188 Å². The first-order chi connectivity index (χ1) is 14.6. The summed E-state index contributed by atoms with van der Waals surface area (Å²) >= 11 is 3.40. The summed E-state index contributed by atoms with van der Waals surface area (Å²) in [4.78, 5) is 25.6. The zero-order valence-corrected chi connectivity index (χ0v) is 19.5. The van der Waals surface area contributed by atoms with Crippen LogP contribution >= 0.6 is 15.9 Å². The highest BCUT2D eigenvalue weighted by Crippen LogP contribution is 2.31. The maximum Gasteiger partial charge on any atom is 0.314 e. The quantitative estimate of drug-likeness (QED) is 0.208. The Morgan fingerprint density at radius 3 is 2.43 bits per heavy atom. The summed E-state index contributed by atoms with van der Waals surface area (Å²) in [7, 11) is 0. The lowest BCUT2D eigenvalue weighted by molar-refractivity contribution is -0.146. The van der Waals surface area contributed by atoms with E-state index in [0.29, 0.717) is 17.9 Å². The van der Waals surface area contributed by atoms with Gasteiger partial charge in [-0.25, -0.2) is 0 Å². The number of halogens is 1. The molecule has 1 aromatic carbocycles. The molecule has 1 atom stereocenters. The van der Waals surface area contributed by atoms with Crippen LogP contribution in [-0.2, 0) is 16.1 Å². The van der Waals surface area contributed by atoms with Crippen molar-refractivity contribution in [2.45, 2.75) is 77.2 Å². The normalized spacial score (nSPS) is 15.6. The summed E-state index contributed by atoms with van der Waals surface area (Å²) in [5.41, 5.74) is 2.21. The predicted molar refractivity (Wildman–Crippen MR) is 123 cm³/mol. The van der Waals surface area contributed by atoms with Crippen LogP contribution in [0.2, 0.25) is 0 Å². The van der Waals surface area contributed by atoms with Gasteiger partial charge in [0.05, 0.1) is 18.2 Å². The Bertz CT molecular complexity index is 841. The third-order valence-corrected chi connectivity index (χ3v) is 6.39. The molecule has 4 nitrogen and oxygen atoms in total. The fraction of sp³-hybridized carbons (Fsp3) is 0.520. The number of esters is 1. The minimum atomic E-state index is -0.269. The number of unbranched alkanes of at least 4 members (excludes halogenated alkanes) is 6. The molecule has 0 fully saturated rings. The summed E-state index contributed by atoms with van der Waals surface area (Å²) in [6.45, 7) is 3.48. The van der Waals surface area contributed by atoms with E-state index < -0.39 is 0 Å². The van der Waals surface area contributed by atoms with Gasteiger partial charge in [-0.2, -0.15) is 0 Å². The summed E-state index contributed by atoms with van der Waals surface area (Å²) in [5.74, 6) is -0.428. The van der Waals surface area contributed by atoms with Crippen molar-refractivity contribution in [1.82, 2.24) is 4.57 Å². The number of carbonyl (C=O) groups excluding carboxylic acids is 2. The molecule has 30 heavy (non-hydrogen) atoms. The van der Waals surface area contributed by atoms with Crippen molar-refractivity contribution in [3.05, 3.63) is 57.8 Å². The SMILES string of the molecule is CCCCCCCCCOC(=O)C1CCCn2c(C(=O)c3ccc(Br)cc3)ccc21. The van der Waals surface area contributed by atoms with Crippen molar-refractivity contribution in [3.8, 4) is 0 Å². The maximum absolute atomic E-state index is 13.0. The second kappa shape index (κ2) is 11.5. The summed E-state index contributed by atoms with van der Waals surface area (Å²) in [6.07, 6.45) is 10.1. The van der Waals surface area contributed by atoms with Gasteiger partial charge in [0.1, 0.15) is 0 Å². The average Bonchev–Trinajstić information content (AvgIpc) is 3.19. The summed E-state index contributed by atoms with van der Waals surface area (Å²) in [5, 5.41) is 0. The number of hydrogen-bond donors (Lipinski definition) is 0. The molecule has 0 saturated carbocycles. The Balaban J connectivity index is 1.55. The minimum Gasteiger partial charge on any atom is -0.465 e. The lowest BCUT2D eigenvalue weighted by atomic mass is 9.96. The fourth-order valence-corrected chi connectivity index (χ4v) is 4.42. The molecule has 1 aliphatic rings. The first-order valence-electron chi connectivity index (χ1n) is 11.3. The summed E-state index contributed by atoms with van der Waals surface area (Å²) < 4.78 is 8.54. The maximum atomic E-state index is 13.0. The molecule has 2 heterocycles. The van der Waals surface area contributed by atoms with Crippen LogP contribution < -0.4 is 0 Å². The van der Waals surface area contributed by atoms with E-state index in [4.69, 9.17) is 4.74 Å². The monoisotopic (exact) mass is 473 g/mol. The van der Waals surface area contributed by atoms with Crippen LogP contribution in [0.3, 0.4) is 0 Å². The number of nitrogens with zero attached hydrogens (tertiary/aromatic N) is 1. The van der Waals surface area contributed by atoms with Crippen LogP contribution in [0.4, 0.5) is 0 Å². The van der Waals surface area contributed by atoms with Crippen molar-refractivity contribution in [3.63, 3.8) is 0 Å². The van der Waals surface area contributed by atoms with E-state index >= 15 is 0 Å². The Morgan fingerprint density at radius 2 is 1.70 bits per heavy atom.